The predicted octanol–water partition coefficient (Wildman–Crippen LogP) is 6.64. The molecule has 0 aliphatic carbocycles. The number of carboxylic acids is 1. The lowest BCUT2D eigenvalue weighted by atomic mass is 9.99. The largest absolute Gasteiger partial charge is 0.480 e. The summed E-state index contributed by atoms with van der Waals surface area (Å²) in [5.41, 5.74) is -0.0497. The minimum Gasteiger partial charge on any atom is -0.480 e. The Balaban J connectivity index is 1.79. The zero-order chi connectivity index (χ0) is 32.8. The summed E-state index contributed by atoms with van der Waals surface area (Å²) in [6, 6.07) is 9.49. The van der Waals surface area contributed by atoms with Crippen LogP contribution in [-0.4, -0.2) is 87.0 Å². The lowest BCUT2D eigenvalue weighted by Crippen LogP contribution is -2.54. The van der Waals surface area contributed by atoms with E-state index < -0.39 is 41.9 Å². The number of amides is 2. The molecule has 2 atom stereocenters. The first kappa shape index (κ1) is 35.3. The Labute approximate surface area is 259 Å². The van der Waals surface area contributed by atoms with E-state index >= 15 is 0 Å². The van der Waals surface area contributed by atoms with E-state index in [4.69, 9.17) is 18.5 Å². The molecule has 0 saturated carbocycles. The van der Waals surface area contributed by atoms with Crippen molar-refractivity contribution >= 4 is 25.5 Å². The van der Waals surface area contributed by atoms with Gasteiger partial charge in [-0.1, -0.05) is 35.5 Å². The van der Waals surface area contributed by atoms with Gasteiger partial charge in [-0.25, -0.2) is 14.5 Å². The van der Waals surface area contributed by atoms with Gasteiger partial charge in [0.05, 0.1) is 12.8 Å². The fraction of sp³-hybridized carbons (Fsp3) is 0.613. The van der Waals surface area contributed by atoms with Crippen LogP contribution in [0, 0.1) is 0 Å². The van der Waals surface area contributed by atoms with Gasteiger partial charge < -0.3 is 23.6 Å². The highest BCUT2D eigenvalue weighted by Crippen LogP contribution is 2.63. The molecule has 2 aromatic rings. The van der Waals surface area contributed by atoms with Crippen LogP contribution in [0.15, 0.2) is 41.1 Å². The van der Waals surface area contributed by atoms with Crippen molar-refractivity contribution in [3.8, 4) is 11.3 Å². The molecule has 1 N–H and O–H groups in total. The number of nitrogens with zero attached hydrogens (tertiary/aromatic N) is 3. The molecule has 1 aromatic heterocycles. The summed E-state index contributed by atoms with van der Waals surface area (Å²) in [7, 11) is -3.64. The summed E-state index contributed by atoms with van der Waals surface area (Å²) >= 11 is 0. The summed E-state index contributed by atoms with van der Waals surface area (Å²) in [4.78, 5) is 41.6. The lowest BCUT2D eigenvalue weighted by Gasteiger charge is -2.44. The number of carbonyl (C=O) groups excluding carboxylic acids is 2. The quantitative estimate of drug-likeness (QED) is 0.209. The van der Waals surface area contributed by atoms with Crippen molar-refractivity contribution in [1.29, 1.82) is 0 Å². The van der Waals surface area contributed by atoms with E-state index in [1.807, 2.05) is 35.2 Å². The second-order valence-electron chi connectivity index (χ2n) is 13.0. The predicted molar refractivity (Wildman–Crippen MR) is 165 cm³/mol. The molecule has 0 bridgehead atoms. The van der Waals surface area contributed by atoms with Crippen LogP contribution in [0.25, 0.3) is 11.3 Å². The molecule has 1 aromatic carbocycles. The number of aromatic nitrogens is 1. The number of ether oxygens (including phenoxy) is 2. The molecule has 1 fully saturated rings. The highest BCUT2D eigenvalue weighted by Gasteiger charge is 2.58. The summed E-state index contributed by atoms with van der Waals surface area (Å²) in [6.07, 6.45) is 0.482. The summed E-state index contributed by atoms with van der Waals surface area (Å²) in [5.74, 6) is -0.613. The van der Waals surface area contributed by atoms with Gasteiger partial charge in [0, 0.05) is 43.5 Å². The molecule has 1 aliphatic heterocycles. The topological polar surface area (TPSA) is 149 Å². The number of hydrogen-bond acceptors (Lipinski definition) is 10. The number of benzene rings is 1. The van der Waals surface area contributed by atoms with E-state index in [-0.39, 0.29) is 45.1 Å². The van der Waals surface area contributed by atoms with Crippen molar-refractivity contribution in [2.75, 3.05) is 32.4 Å². The molecule has 2 unspecified atom stereocenters. The number of rotatable bonds is 11. The van der Waals surface area contributed by atoms with E-state index in [1.54, 1.807) is 54.7 Å². The van der Waals surface area contributed by atoms with Crippen molar-refractivity contribution < 1.29 is 42.6 Å². The number of imide groups is 1. The van der Waals surface area contributed by atoms with Crippen LogP contribution in [0.2, 0.25) is 0 Å². The fourth-order valence-corrected chi connectivity index (χ4v) is 8.14. The van der Waals surface area contributed by atoms with Gasteiger partial charge >= 0.3 is 18.2 Å². The van der Waals surface area contributed by atoms with Crippen LogP contribution < -0.4 is 0 Å². The van der Waals surface area contributed by atoms with Crippen LogP contribution in [0.3, 0.4) is 0 Å². The average Bonchev–Trinajstić information content (AvgIpc) is 3.37. The molecule has 12 nitrogen and oxygen atoms in total. The Morgan fingerprint density at radius 3 is 2.20 bits per heavy atom. The minimum absolute atomic E-state index is 0.0130. The van der Waals surface area contributed by atoms with Gasteiger partial charge in [0.2, 0.25) is 7.37 Å². The normalized spacial score (nSPS) is 21.1. The number of carboxylic acid groups (broad SMARTS) is 1. The van der Waals surface area contributed by atoms with Gasteiger partial charge in [-0.3, -0.25) is 14.3 Å². The Kier molecular flexibility index (Phi) is 11.4. The first-order valence-corrected chi connectivity index (χ1v) is 16.7. The van der Waals surface area contributed by atoms with Gasteiger partial charge in [-0.15, -0.1) is 0 Å². The van der Waals surface area contributed by atoms with E-state index in [1.165, 1.54) is 0 Å². The molecule has 1 aliphatic rings. The standard InChI is InChI=1S/C31H46N3O9P/c1-8-40-44(39)19-18-33(21-24-20-32-43-25(24)23-14-10-9-11-15-23)22-31(44,26(35)36)16-12-13-17-34(27(37)41-29(2,3)4)28(38)42-30(5,6)7/h9-11,14-15,20H,8,12-13,16-19,21-22H2,1-7H3,(H,35,36). The summed E-state index contributed by atoms with van der Waals surface area (Å²) in [6.45, 7) is 12.6. The monoisotopic (exact) mass is 635 g/mol. The maximum Gasteiger partial charge on any atom is 0.419 e. The van der Waals surface area contributed by atoms with Crippen LogP contribution in [0.4, 0.5) is 9.59 Å². The Morgan fingerprint density at radius 2 is 1.66 bits per heavy atom. The number of aliphatic carboxylic acids is 1. The Morgan fingerprint density at radius 1 is 1.05 bits per heavy atom. The third-order valence-electron chi connectivity index (χ3n) is 7.11. The van der Waals surface area contributed by atoms with Crippen molar-refractivity contribution in [2.45, 2.75) is 90.6 Å². The van der Waals surface area contributed by atoms with E-state index in [9.17, 15) is 24.1 Å². The minimum atomic E-state index is -3.64. The highest BCUT2D eigenvalue weighted by atomic mass is 31.2. The molecular formula is C31H46N3O9P. The first-order chi connectivity index (χ1) is 20.5. The maximum absolute atomic E-state index is 14.2. The molecule has 3 rings (SSSR count). The maximum atomic E-state index is 14.2. The summed E-state index contributed by atoms with van der Waals surface area (Å²) < 4.78 is 36.3. The molecule has 13 heteroatoms. The van der Waals surface area contributed by atoms with Crippen LogP contribution in [0.1, 0.15) is 73.3 Å². The Bertz CT molecular complexity index is 1300. The molecule has 0 radical (unpaired) electrons. The Hall–Kier alpha value is -3.21. The molecule has 2 heterocycles. The SMILES string of the molecule is CCOP1(=O)CCN(Cc2cnoc2-c2ccccc2)CC1(CCCCN(C(=O)OC(C)(C)C)C(=O)OC(C)(C)C)C(=O)O. The van der Waals surface area contributed by atoms with Gasteiger partial charge in [0.25, 0.3) is 0 Å². The second kappa shape index (κ2) is 14.3. The van der Waals surface area contributed by atoms with Crippen LogP contribution >= 0.6 is 7.37 Å². The lowest BCUT2D eigenvalue weighted by molar-refractivity contribution is -0.141. The molecular weight excluding hydrogens is 589 g/mol. The number of hydrogen-bond donors (Lipinski definition) is 1. The van der Waals surface area contributed by atoms with Gasteiger partial charge in [0.15, 0.2) is 10.9 Å². The van der Waals surface area contributed by atoms with Crippen molar-refractivity contribution in [3.05, 3.63) is 42.1 Å². The van der Waals surface area contributed by atoms with E-state index in [2.05, 4.69) is 5.16 Å². The summed E-state index contributed by atoms with van der Waals surface area (Å²) in [5, 5.41) is 12.9. The molecule has 1 saturated heterocycles. The fourth-order valence-electron chi connectivity index (χ4n) is 5.16. The van der Waals surface area contributed by atoms with Gasteiger partial charge in [-0.05, 0) is 67.7 Å². The van der Waals surface area contributed by atoms with E-state index in [0.717, 1.165) is 16.0 Å². The zero-order valence-electron chi connectivity index (χ0n) is 26.8. The zero-order valence-corrected chi connectivity index (χ0v) is 27.7. The second-order valence-corrected chi connectivity index (χ2v) is 15.9. The van der Waals surface area contributed by atoms with Gasteiger partial charge in [0.1, 0.15) is 11.2 Å². The van der Waals surface area contributed by atoms with Crippen molar-refractivity contribution in [3.63, 3.8) is 0 Å². The van der Waals surface area contributed by atoms with Crippen LogP contribution in [0.5, 0.6) is 0 Å². The molecule has 0 spiro atoms. The van der Waals surface area contributed by atoms with Crippen molar-refractivity contribution in [2.24, 2.45) is 0 Å². The average molecular weight is 636 g/mol. The molecule has 244 valence electrons. The highest BCUT2D eigenvalue weighted by molar-refractivity contribution is 7.62. The smallest absolute Gasteiger partial charge is 0.419 e. The molecule has 2 amide bonds. The van der Waals surface area contributed by atoms with E-state index in [0.29, 0.717) is 18.8 Å². The number of carbonyl (C=O) groups is 3. The third-order valence-corrected chi connectivity index (χ3v) is 10.4. The van der Waals surface area contributed by atoms with Crippen molar-refractivity contribution in [1.82, 2.24) is 15.0 Å². The van der Waals surface area contributed by atoms with Crippen LogP contribution in [-0.2, 0) is 29.9 Å². The third kappa shape index (κ3) is 8.92. The van der Waals surface area contributed by atoms with Gasteiger partial charge in [-0.2, -0.15) is 0 Å². The number of unbranched alkanes of at least 4 members (excludes halogenated alkanes) is 1. The molecule has 44 heavy (non-hydrogen) atoms. The first-order valence-electron chi connectivity index (χ1n) is 14.9.